The smallest absolute Gasteiger partial charge is 0.242 e. The van der Waals surface area contributed by atoms with E-state index in [0.29, 0.717) is 12.5 Å². The molecule has 1 aromatic carbocycles. The van der Waals surface area contributed by atoms with Crippen molar-refractivity contribution >= 4 is 5.91 Å². The lowest BCUT2D eigenvalue weighted by molar-refractivity contribution is -0.138. The van der Waals surface area contributed by atoms with E-state index in [1.54, 1.807) is 4.90 Å². The van der Waals surface area contributed by atoms with Gasteiger partial charge in [-0.05, 0) is 36.3 Å². The summed E-state index contributed by atoms with van der Waals surface area (Å²) >= 11 is 0. The summed E-state index contributed by atoms with van der Waals surface area (Å²) in [7, 11) is 1.87. The molecule has 116 valence electrons. The maximum atomic E-state index is 12.7. The molecule has 1 aromatic rings. The molecule has 1 amide bonds. The molecule has 3 heteroatoms. The Bertz CT molecular complexity index is 482. The van der Waals surface area contributed by atoms with E-state index in [1.165, 1.54) is 12.0 Å². The van der Waals surface area contributed by atoms with Gasteiger partial charge in [0, 0.05) is 13.6 Å². The van der Waals surface area contributed by atoms with Crippen LogP contribution in [0.15, 0.2) is 24.3 Å². The quantitative estimate of drug-likeness (QED) is 0.925. The average Bonchev–Trinajstić information content (AvgIpc) is 2.47. The van der Waals surface area contributed by atoms with Gasteiger partial charge < -0.3 is 10.6 Å². The zero-order chi connectivity index (χ0) is 15.5. The summed E-state index contributed by atoms with van der Waals surface area (Å²) in [5, 5.41) is 0. The zero-order valence-electron chi connectivity index (χ0n) is 13.6. The third kappa shape index (κ3) is 3.85. The van der Waals surface area contributed by atoms with Crippen molar-refractivity contribution in [3.8, 4) is 0 Å². The Morgan fingerprint density at radius 2 is 1.95 bits per heavy atom. The first kappa shape index (κ1) is 16.0. The Morgan fingerprint density at radius 1 is 1.33 bits per heavy atom. The number of carbonyl (C=O) groups is 1. The second-order valence-corrected chi connectivity index (χ2v) is 6.69. The van der Waals surface area contributed by atoms with E-state index in [2.05, 4.69) is 38.1 Å². The van der Waals surface area contributed by atoms with Crippen molar-refractivity contribution in [3.63, 3.8) is 0 Å². The molecule has 0 saturated heterocycles. The van der Waals surface area contributed by atoms with Crippen molar-refractivity contribution in [1.29, 1.82) is 0 Å². The predicted octanol–water partition coefficient (Wildman–Crippen LogP) is 3.12. The molecule has 0 aromatic heterocycles. The monoisotopic (exact) mass is 288 g/mol. The standard InChI is InChI=1S/C18H28N2O/c1-4-15-7-9-16(10-8-15)13-20(3)17(21)18(19)11-5-6-14(2)12-18/h7-10,14H,4-6,11-13,19H2,1-3H3. The number of rotatable bonds is 4. The molecule has 0 spiro atoms. The van der Waals surface area contributed by atoms with Gasteiger partial charge in [0.1, 0.15) is 0 Å². The fourth-order valence-electron chi connectivity index (χ4n) is 3.39. The fraction of sp³-hybridized carbons (Fsp3) is 0.611. The highest BCUT2D eigenvalue weighted by molar-refractivity contribution is 5.86. The van der Waals surface area contributed by atoms with Gasteiger partial charge in [0.25, 0.3) is 0 Å². The number of hydrogen-bond acceptors (Lipinski definition) is 2. The lowest BCUT2D eigenvalue weighted by atomic mass is 9.76. The van der Waals surface area contributed by atoms with Crippen molar-refractivity contribution in [2.45, 2.75) is 58.0 Å². The number of hydrogen-bond donors (Lipinski definition) is 1. The zero-order valence-corrected chi connectivity index (χ0v) is 13.6. The maximum Gasteiger partial charge on any atom is 0.242 e. The predicted molar refractivity (Wildman–Crippen MR) is 86.8 cm³/mol. The van der Waals surface area contributed by atoms with Crippen molar-refractivity contribution < 1.29 is 4.79 Å². The van der Waals surface area contributed by atoms with E-state index in [-0.39, 0.29) is 5.91 Å². The van der Waals surface area contributed by atoms with Crippen LogP contribution in [0.1, 0.15) is 50.7 Å². The summed E-state index contributed by atoms with van der Waals surface area (Å²) < 4.78 is 0. The van der Waals surface area contributed by atoms with Crippen LogP contribution in [0, 0.1) is 5.92 Å². The molecule has 0 aliphatic heterocycles. The van der Waals surface area contributed by atoms with Crippen molar-refractivity contribution in [1.82, 2.24) is 4.90 Å². The van der Waals surface area contributed by atoms with E-state index >= 15 is 0 Å². The molecule has 0 bridgehead atoms. The molecular formula is C18H28N2O. The van der Waals surface area contributed by atoms with Gasteiger partial charge in [0.2, 0.25) is 5.91 Å². The van der Waals surface area contributed by atoms with Gasteiger partial charge in [0.05, 0.1) is 5.54 Å². The summed E-state index contributed by atoms with van der Waals surface area (Å²) in [6.07, 6.45) is 4.91. The third-order valence-electron chi connectivity index (χ3n) is 4.66. The number of likely N-dealkylation sites (N-methyl/N-ethyl adjacent to an activating group) is 1. The summed E-state index contributed by atoms with van der Waals surface area (Å²) in [6.45, 7) is 4.97. The molecule has 1 aliphatic carbocycles. The SMILES string of the molecule is CCc1ccc(CN(C)C(=O)C2(N)CCCC(C)C2)cc1. The van der Waals surface area contributed by atoms with Crippen LogP contribution in [0.5, 0.6) is 0 Å². The lowest BCUT2D eigenvalue weighted by Crippen LogP contribution is -2.56. The normalized spacial score (nSPS) is 25.6. The minimum atomic E-state index is -0.657. The summed E-state index contributed by atoms with van der Waals surface area (Å²) in [6, 6.07) is 8.48. The van der Waals surface area contributed by atoms with Gasteiger partial charge in [-0.15, -0.1) is 0 Å². The van der Waals surface area contributed by atoms with Crippen molar-refractivity contribution in [2.75, 3.05) is 7.05 Å². The molecule has 0 radical (unpaired) electrons. The number of nitrogens with zero attached hydrogens (tertiary/aromatic N) is 1. The molecule has 2 unspecified atom stereocenters. The molecule has 1 fully saturated rings. The summed E-state index contributed by atoms with van der Waals surface area (Å²) in [5.74, 6) is 0.638. The van der Waals surface area contributed by atoms with E-state index < -0.39 is 5.54 Å². The molecule has 1 aliphatic rings. The molecule has 1 saturated carbocycles. The van der Waals surface area contributed by atoms with Crippen LogP contribution in [0.3, 0.4) is 0 Å². The molecule has 21 heavy (non-hydrogen) atoms. The van der Waals surface area contributed by atoms with Gasteiger partial charge in [-0.25, -0.2) is 0 Å². The fourth-order valence-corrected chi connectivity index (χ4v) is 3.39. The number of nitrogens with two attached hydrogens (primary N) is 1. The van der Waals surface area contributed by atoms with Gasteiger partial charge in [-0.2, -0.15) is 0 Å². The first-order valence-corrected chi connectivity index (χ1v) is 8.07. The van der Waals surface area contributed by atoms with Gasteiger partial charge in [-0.1, -0.05) is 51.0 Å². The first-order valence-electron chi connectivity index (χ1n) is 8.07. The Hall–Kier alpha value is -1.35. The molecular weight excluding hydrogens is 260 g/mol. The third-order valence-corrected chi connectivity index (χ3v) is 4.66. The van der Waals surface area contributed by atoms with Crippen LogP contribution in [-0.4, -0.2) is 23.4 Å². The van der Waals surface area contributed by atoms with Crippen LogP contribution in [0.4, 0.5) is 0 Å². The van der Waals surface area contributed by atoms with E-state index in [4.69, 9.17) is 5.73 Å². The minimum Gasteiger partial charge on any atom is -0.340 e. The van der Waals surface area contributed by atoms with Gasteiger partial charge in [-0.3, -0.25) is 4.79 Å². The Labute approximate surface area is 128 Å². The van der Waals surface area contributed by atoms with Gasteiger partial charge >= 0.3 is 0 Å². The largest absolute Gasteiger partial charge is 0.340 e. The number of carbonyl (C=O) groups excluding carboxylic acids is 1. The number of benzene rings is 1. The van der Waals surface area contributed by atoms with E-state index in [1.807, 2.05) is 7.05 Å². The highest BCUT2D eigenvalue weighted by atomic mass is 16.2. The molecule has 2 atom stereocenters. The van der Waals surface area contributed by atoms with Gasteiger partial charge in [0.15, 0.2) is 0 Å². The minimum absolute atomic E-state index is 0.0913. The van der Waals surface area contributed by atoms with Crippen LogP contribution in [0.25, 0.3) is 0 Å². The summed E-state index contributed by atoms with van der Waals surface area (Å²) in [4.78, 5) is 14.5. The van der Waals surface area contributed by atoms with E-state index in [0.717, 1.165) is 31.2 Å². The van der Waals surface area contributed by atoms with Crippen molar-refractivity contribution in [3.05, 3.63) is 35.4 Å². The first-order chi connectivity index (χ1) is 9.94. The highest BCUT2D eigenvalue weighted by Crippen LogP contribution is 2.31. The Kier molecular flexibility index (Phi) is 5.04. The molecule has 2 N–H and O–H groups in total. The molecule has 0 heterocycles. The van der Waals surface area contributed by atoms with Crippen molar-refractivity contribution in [2.24, 2.45) is 11.7 Å². The number of amides is 1. The summed E-state index contributed by atoms with van der Waals surface area (Å²) in [5.41, 5.74) is 8.23. The van der Waals surface area contributed by atoms with Crippen LogP contribution >= 0.6 is 0 Å². The van der Waals surface area contributed by atoms with Crippen LogP contribution < -0.4 is 5.73 Å². The highest BCUT2D eigenvalue weighted by Gasteiger charge is 2.39. The molecule has 2 rings (SSSR count). The molecule has 3 nitrogen and oxygen atoms in total. The topological polar surface area (TPSA) is 46.3 Å². The second-order valence-electron chi connectivity index (χ2n) is 6.69. The van der Waals surface area contributed by atoms with Crippen LogP contribution in [0.2, 0.25) is 0 Å². The Balaban J connectivity index is 2.01. The Morgan fingerprint density at radius 3 is 2.52 bits per heavy atom. The average molecular weight is 288 g/mol. The van der Waals surface area contributed by atoms with Crippen LogP contribution in [-0.2, 0) is 17.8 Å². The lowest BCUT2D eigenvalue weighted by Gasteiger charge is -2.38. The van der Waals surface area contributed by atoms with E-state index in [9.17, 15) is 4.79 Å². The maximum absolute atomic E-state index is 12.7. The second kappa shape index (κ2) is 6.61. The number of aryl methyl sites for hydroxylation is 1.